The highest BCUT2D eigenvalue weighted by Crippen LogP contribution is 2.26. The summed E-state index contributed by atoms with van der Waals surface area (Å²) in [5.41, 5.74) is 1.95. The zero-order valence-corrected chi connectivity index (χ0v) is 18.7. The molecule has 1 atom stereocenters. The number of morpholine rings is 1. The molecule has 0 aliphatic carbocycles. The van der Waals surface area contributed by atoms with Crippen molar-refractivity contribution in [2.75, 3.05) is 59.3 Å². The number of aliphatic hydroxyl groups is 1. The normalized spacial score (nSPS) is 20.0. The van der Waals surface area contributed by atoms with Crippen molar-refractivity contribution in [2.45, 2.75) is 19.4 Å². The van der Waals surface area contributed by atoms with Crippen LogP contribution in [0.2, 0.25) is 0 Å². The van der Waals surface area contributed by atoms with E-state index in [0.717, 1.165) is 35.8 Å². The van der Waals surface area contributed by atoms with E-state index < -0.39 is 0 Å². The second-order valence-electron chi connectivity index (χ2n) is 7.35. The Balaban J connectivity index is 1.49. The number of amidine groups is 1. The van der Waals surface area contributed by atoms with Crippen molar-refractivity contribution in [3.05, 3.63) is 53.8 Å². The maximum atomic E-state index is 8.65. The molecule has 0 radical (unpaired) electrons. The molecular formula is C23H34N4O5. The molecule has 3 rings (SSSR count). The first-order valence-electron chi connectivity index (χ1n) is 11.1. The van der Waals surface area contributed by atoms with E-state index in [4.69, 9.17) is 29.9 Å². The Morgan fingerprint density at radius 1 is 1.19 bits per heavy atom. The minimum Gasteiger partial charge on any atom is -0.491 e. The van der Waals surface area contributed by atoms with Gasteiger partial charge in [0.15, 0.2) is 5.84 Å². The molecule has 2 aliphatic heterocycles. The molecule has 9 heteroatoms. The van der Waals surface area contributed by atoms with E-state index in [1.165, 1.54) is 5.12 Å². The average molecular weight is 447 g/mol. The van der Waals surface area contributed by atoms with Crippen LogP contribution in [0.15, 0.2) is 53.3 Å². The van der Waals surface area contributed by atoms with Gasteiger partial charge in [0.05, 0.1) is 45.3 Å². The number of hydrogen-bond acceptors (Lipinski definition) is 9. The maximum absolute atomic E-state index is 8.65. The lowest BCUT2D eigenvalue weighted by molar-refractivity contribution is -0.00729. The van der Waals surface area contributed by atoms with Gasteiger partial charge in [-0.05, 0) is 36.3 Å². The van der Waals surface area contributed by atoms with Crippen LogP contribution in [0.1, 0.15) is 25.0 Å². The van der Waals surface area contributed by atoms with Crippen molar-refractivity contribution in [3.63, 3.8) is 0 Å². The Labute approximate surface area is 189 Å². The van der Waals surface area contributed by atoms with Gasteiger partial charge in [-0.2, -0.15) is 5.12 Å². The second-order valence-corrected chi connectivity index (χ2v) is 7.35. The number of benzene rings is 1. The fraction of sp³-hybridized carbons (Fsp3) is 0.522. The number of aliphatic hydroxyl groups excluding tert-OH is 1. The molecule has 1 saturated heterocycles. The third-order valence-electron chi connectivity index (χ3n) is 5.02. The van der Waals surface area contributed by atoms with E-state index in [0.29, 0.717) is 46.2 Å². The highest BCUT2D eigenvalue weighted by molar-refractivity contribution is 5.94. The SMILES string of the molecule is CC/C=C1/C=CC(N2CCOC(c3cccc(OCCOCCOCCO)c3)C2)=NN1N. The molecule has 0 spiro atoms. The Morgan fingerprint density at radius 2 is 2.00 bits per heavy atom. The molecule has 1 aromatic rings. The Kier molecular flexibility index (Phi) is 9.98. The van der Waals surface area contributed by atoms with Crippen molar-refractivity contribution < 1.29 is 24.1 Å². The lowest BCUT2D eigenvalue weighted by Gasteiger charge is -2.36. The summed E-state index contributed by atoms with van der Waals surface area (Å²) in [7, 11) is 0. The van der Waals surface area contributed by atoms with Crippen LogP contribution >= 0.6 is 0 Å². The first-order chi connectivity index (χ1) is 15.7. The van der Waals surface area contributed by atoms with Crippen LogP contribution in [0, 0.1) is 0 Å². The van der Waals surface area contributed by atoms with Crippen LogP contribution in [0.25, 0.3) is 0 Å². The Bertz CT molecular complexity index is 798. The van der Waals surface area contributed by atoms with Crippen LogP contribution in [0.4, 0.5) is 0 Å². The van der Waals surface area contributed by atoms with Gasteiger partial charge in [0, 0.05) is 13.1 Å². The largest absolute Gasteiger partial charge is 0.491 e. The highest BCUT2D eigenvalue weighted by Gasteiger charge is 2.25. The molecule has 0 aromatic heterocycles. The third kappa shape index (κ3) is 7.32. The molecular weight excluding hydrogens is 412 g/mol. The molecule has 1 fully saturated rings. The van der Waals surface area contributed by atoms with Crippen LogP contribution in [0.3, 0.4) is 0 Å². The molecule has 1 unspecified atom stereocenters. The summed E-state index contributed by atoms with van der Waals surface area (Å²) in [4.78, 5) is 2.19. The minimum absolute atomic E-state index is 0.0232. The molecule has 32 heavy (non-hydrogen) atoms. The summed E-state index contributed by atoms with van der Waals surface area (Å²) in [6, 6.07) is 7.95. The van der Waals surface area contributed by atoms with Crippen LogP contribution in [-0.2, 0) is 14.2 Å². The summed E-state index contributed by atoms with van der Waals surface area (Å²) in [5, 5.41) is 14.6. The van der Waals surface area contributed by atoms with Gasteiger partial charge in [0.1, 0.15) is 18.5 Å². The molecule has 1 aromatic carbocycles. The van der Waals surface area contributed by atoms with E-state index in [9.17, 15) is 0 Å². The number of allylic oxidation sites excluding steroid dienone is 2. The van der Waals surface area contributed by atoms with Crippen LogP contribution < -0.4 is 10.6 Å². The topological polar surface area (TPSA) is 102 Å². The maximum Gasteiger partial charge on any atom is 0.150 e. The third-order valence-corrected chi connectivity index (χ3v) is 5.02. The van der Waals surface area contributed by atoms with Crippen molar-refractivity contribution in [1.82, 2.24) is 10.0 Å². The lowest BCUT2D eigenvalue weighted by atomic mass is 10.1. The molecule has 2 heterocycles. The van der Waals surface area contributed by atoms with Crippen molar-refractivity contribution in [1.29, 1.82) is 0 Å². The average Bonchev–Trinajstić information content (AvgIpc) is 2.82. The monoisotopic (exact) mass is 446 g/mol. The van der Waals surface area contributed by atoms with E-state index >= 15 is 0 Å². The Morgan fingerprint density at radius 3 is 2.78 bits per heavy atom. The molecule has 0 bridgehead atoms. The number of hydrogen-bond donors (Lipinski definition) is 2. The standard InChI is InChI=1S/C23H34N4O5/c1-2-4-20-7-8-23(25-27(20)24)26-9-11-32-22(18-26)19-5-3-6-21(17-19)31-16-15-30-14-13-29-12-10-28/h3-8,17,22,28H,2,9-16,18,24H2,1H3/b20-4-. The molecule has 0 amide bonds. The van der Waals surface area contributed by atoms with E-state index in [1.807, 2.05) is 42.5 Å². The number of hydrazone groups is 1. The number of rotatable bonds is 11. The second kappa shape index (κ2) is 13.2. The summed E-state index contributed by atoms with van der Waals surface area (Å²) in [6.45, 7) is 6.33. The predicted molar refractivity (Wildman–Crippen MR) is 122 cm³/mol. The molecule has 0 saturated carbocycles. The van der Waals surface area contributed by atoms with Crippen molar-refractivity contribution >= 4 is 5.84 Å². The van der Waals surface area contributed by atoms with Crippen molar-refractivity contribution in [3.8, 4) is 5.75 Å². The highest BCUT2D eigenvalue weighted by atomic mass is 16.5. The number of ether oxygens (including phenoxy) is 4. The van der Waals surface area contributed by atoms with Gasteiger partial charge in [-0.25, -0.2) is 5.84 Å². The van der Waals surface area contributed by atoms with Crippen LogP contribution in [0.5, 0.6) is 5.75 Å². The van der Waals surface area contributed by atoms with E-state index in [2.05, 4.69) is 16.9 Å². The Hall–Kier alpha value is -2.43. The number of nitrogens with two attached hydrogens (primary N) is 1. The van der Waals surface area contributed by atoms with Gasteiger partial charge in [-0.15, -0.1) is 5.10 Å². The summed E-state index contributed by atoms with van der Waals surface area (Å²) < 4.78 is 22.5. The van der Waals surface area contributed by atoms with E-state index in [1.54, 1.807) is 0 Å². The summed E-state index contributed by atoms with van der Waals surface area (Å²) >= 11 is 0. The summed E-state index contributed by atoms with van der Waals surface area (Å²) in [6.07, 6.45) is 6.86. The van der Waals surface area contributed by atoms with Gasteiger partial charge in [0.2, 0.25) is 0 Å². The van der Waals surface area contributed by atoms with Crippen LogP contribution in [-0.4, -0.2) is 80.3 Å². The van der Waals surface area contributed by atoms with Gasteiger partial charge < -0.3 is 29.0 Å². The van der Waals surface area contributed by atoms with Gasteiger partial charge in [-0.1, -0.05) is 25.1 Å². The van der Waals surface area contributed by atoms with Gasteiger partial charge in [-0.3, -0.25) is 0 Å². The quantitative estimate of drug-likeness (QED) is 0.392. The lowest BCUT2D eigenvalue weighted by Crippen LogP contribution is -2.44. The zero-order valence-electron chi connectivity index (χ0n) is 18.7. The first-order valence-corrected chi connectivity index (χ1v) is 11.1. The van der Waals surface area contributed by atoms with Gasteiger partial charge >= 0.3 is 0 Å². The fourth-order valence-corrected chi connectivity index (χ4v) is 3.45. The summed E-state index contributed by atoms with van der Waals surface area (Å²) in [5.74, 6) is 7.66. The molecule has 9 nitrogen and oxygen atoms in total. The number of nitrogens with zero attached hydrogens (tertiary/aromatic N) is 3. The van der Waals surface area contributed by atoms with Gasteiger partial charge in [0.25, 0.3) is 0 Å². The van der Waals surface area contributed by atoms with Crippen molar-refractivity contribution in [2.24, 2.45) is 10.9 Å². The molecule has 3 N–H and O–H groups in total. The first kappa shape index (κ1) is 24.2. The molecule has 176 valence electrons. The van der Waals surface area contributed by atoms with E-state index in [-0.39, 0.29) is 12.7 Å². The molecule has 2 aliphatic rings. The fourth-order valence-electron chi connectivity index (χ4n) is 3.45. The minimum atomic E-state index is -0.0814. The number of hydrazine groups is 1. The smallest absolute Gasteiger partial charge is 0.150 e. The zero-order chi connectivity index (χ0) is 22.6. The predicted octanol–water partition coefficient (Wildman–Crippen LogP) is 1.82.